The molecule has 1 aliphatic heterocycles. The van der Waals surface area contributed by atoms with E-state index in [0.717, 1.165) is 30.0 Å². The Morgan fingerprint density at radius 3 is 2.67 bits per heavy atom. The Labute approximate surface area is 211 Å². The number of hydrogen-bond acceptors (Lipinski definition) is 10. The van der Waals surface area contributed by atoms with Crippen molar-refractivity contribution in [3.8, 4) is 11.3 Å². The van der Waals surface area contributed by atoms with Gasteiger partial charge in [0.2, 0.25) is 0 Å². The van der Waals surface area contributed by atoms with E-state index >= 15 is 0 Å². The van der Waals surface area contributed by atoms with Crippen molar-refractivity contribution in [1.82, 2.24) is 20.2 Å². The van der Waals surface area contributed by atoms with Gasteiger partial charge >= 0.3 is 0 Å². The monoisotopic (exact) mass is 488 g/mol. The largest absolute Gasteiger partial charge is 0.395 e. The minimum absolute atomic E-state index is 0.0262. The van der Waals surface area contributed by atoms with Crippen LogP contribution in [0.15, 0.2) is 48.9 Å². The Kier molecular flexibility index (Phi) is 8.66. The molecule has 4 rings (SSSR count). The fourth-order valence-corrected chi connectivity index (χ4v) is 3.98. The Morgan fingerprint density at radius 1 is 1.17 bits per heavy atom. The number of aliphatic hydroxyl groups is 1. The van der Waals surface area contributed by atoms with E-state index in [-0.39, 0.29) is 18.1 Å². The number of aliphatic hydroxyl groups excluding tert-OH is 1. The lowest BCUT2D eigenvalue weighted by molar-refractivity contribution is 0.102. The van der Waals surface area contributed by atoms with E-state index in [0.29, 0.717) is 44.2 Å². The lowest BCUT2D eigenvalue weighted by Crippen LogP contribution is -2.36. The third-order valence-electron chi connectivity index (χ3n) is 5.84. The van der Waals surface area contributed by atoms with Crippen LogP contribution in [0.1, 0.15) is 10.5 Å². The van der Waals surface area contributed by atoms with Gasteiger partial charge in [-0.25, -0.2) is 9.97 Å². The zero-order chi connectivity index (χ0) is 25.3. The zero-order valence-corrected chi connectivity index (χ0v) is 19.9. The summed E-state index contributed by atoms with van der Waals surface area (Å²) in [7, 11) is 5.39. The van der Waals surface area contributed by atoms with Crippen LogP contribution >= 0.6 is 0 Å². The first-order chi connectivity index (χ1) is 17.6. The number of morpholine rings is 1. The smallest absolute Gasteiger partial charge is 0.278 e. The summed E-state index contributed by atoms with van der Waals surface area (Å²) in [6, 6.07) is 9.47. The fraction of sp³-hybridized carbons (Fsp3) is 0.333. The molecule has 3 heterocycles. The Morgan fingerprint density at radius 2 is 1.94 bits per heavy atom. The van der Waals surface area contributed by atoms with Crippen molar-refractivity contribution in [2.24, 2.45) is 0 Å². The molecule has 0 atom stereocenters. The molecule has 2 radical (unpaired) electrons. The normalized spacial score (nSPS) is 13.4. The molecule has 2 aromatic heterocycles. The second-order valence-electron chi connectivity index (χ2n) is 8.15. The topological polar surface area (TPSA) is 142 Å². The molecule has 1 amide bonds. The molecule has 0 saturated carbocycles. The van der Waals surface area contributed by atoms with E-state index in [2.05, 4.69) is 30.4 Å². The van der Waals surface area contributed by atoms with Crippen molar-refractivity contribution in [3.05, 3.63) is 54.6 Å². The number of pyridine rings is 1. The SMILES string of the molecule is [B]NCCN(CCO)c1ccc(-c2cnc(N)c(C(=O)Nc3cnccc3N3CCOCC3)n2)cc1. The molecular formula is C24H29BN8O3. The zero-order valence-electron chi connectivity index (χ0n) is 19.9. The summed E-state index contributed by atoms with van der Waals surface area (Å²) in [4.78, 5) is 30.2. The van der Waals surface area contributed by atoms with E-state index in [1.165, 1.54) is 6.20 Å². The number of nitrogens with two attached hydrogens (primary N) is 1. The van der Waals surface area contributed by atoms with Gasteiger partial charge in [0.25, 0.3) is 5.91 Å². The van der Waals surface area contributed by atoms with Crippen molar-refractivity contribution in [2.45, 2.75) is 0 Å². The number of benzene rings is 1. The molecule has 11 nitrogen and oxygen atoms in total. The predicted molar refractivity (Wildman–Crippen MR) is 140 cm³/mol. The number of nitrogens with one attached hydrogen (secondary N) is 2. The molecule has 1 fully saturated rings. The number of ether oxygens (including phenoxy) is 1. The number of nitrogen functional groups attached to an aromatic ring is 1. The molecule has 3 aromatic rings. The number of rotatable bonds is 10. The summed E-state index contributed by atoms with van der Waals surface area (Å²) in [5.41, 5.74) is 9.69. The standard InChI is InChI=1S/C24H29BN8O3/c25-29-7-8-32(9-12-34)18-3-1-17(2-4-18)19-16-28-23(26)22(30-19)24(35)31-20-15-27-6-5-21(20)33-10-13-36-14-11-33/h1-6,15-16,29,34H,7-14H2,(H2,26,28)(H,31,35). The summed E-state index contributed by atoms with van der Waals surface area (Å²) in [5.74, 6) is -0.433. The van der Waals surface area contributed by atoms with Crippen LogP contribution in [-0.4, -0.2) is 86.5 Å². The molecule has 12 heteroatoms. The second-order valence-corrected chi connectivity index (χ2v) is 8.15. The van der Waals surface area contributed by atoms with Gasteiger partial charge in [0.05, 0.1) is 49.3 Å². The van der Waals surface area contributed by atoms with Crippen LogP contribution < -0.4 is 26.1 Å². The first kappa shape index (κ1) is 25.4. The molecule has 0 bridgehead atoms. The first-order valence-electron chi connectivity index (χ1n) is 11.7. The van der Waals surface area contributed by atoms with Gasteiger partial charge < -0.3 is 35.9 Å². The molecule has 0 spiro atoms. The summed E-state index contributed by atoms with van der Waals surface area (Å²) in [5, 5.41) is 14.9. The molecule has 36 heavy (non-hydrogen) atoms. The van der Waals surface area contributed by atoms with E-state index in [1.807, 2.05) is 35.2 Å². The number of carbonyl (C=O) groups excluding carboxylic acids is 1. The van der Waals surface area contributed by atoms with Crippen LogP contribution in [0, 0.1) is 0 Å². The fourth-order valence-electron chi connectivity index (χ4n) is 3.98. The maximum atomic E-state index is 13.2. The predicted octanol–water partition coefficient (Wildman–Crippen LogP) is 0.682. The highest BCUT2D eigenvalue weighted by molar-refractivity contribution is 6.07. The quantitative estimate of drug-likeness (QED) is 0.301. The van der Waals surface area contributed by atoms with Crippen molar-refractivity contribution in [1.29, 1.82) is 0 Å². The van der Waals surface area contributed by atoms with Gasteiger partial charge in [0.1, 0.15) is 0 Å². The van der Waals surface area contributed by atoms with Gasteiger partial charge in [-0.1, -0.05) is 12.1 Å². The average Bonchev–Trinajstić information content (AvgIpc) is 2.92. The number of amides is 1. The maximum Gasteiger partial charge on any atom is 0.278 e. The van der Waals surface area contributed by atoms with Gasteiger partial charge in [-0.2, -0.15) is 0 Å². The summed E-state index contributed by atoms with van der Waals surface area (Å²) in [6.07, 6.45) is 4.83. The van der Waals surface area contributed by atoms with Crippen molar-refractivity contribution in [3.63, 3.8) is 0 Å². The number of nitrogens with zero attached hydrogens (tertiary/aromatic N) is 5. The number of hydrogen-bond donors (Lipinski definition) is 4. The average molecular weight is 488 g/mol. The first-order valence-corrected chi connectivity index (χ1v) is 11.7. The Balaban J connectivity index is 1.53. The van der Waals surface area contributed by atoms with E-state index in [9.17, 15) is 9.90 Å². The molecule has 1 aromatic carbocycles. The van der Waals surface area contributed by atoms with Crippen molar-refractivity contribution in [2.75, 3.05) is 73.4 Å². The highest BCUT2D eigenvalue weighted by Gasteiger charge is 2.20. The van der Waals surface area contributed by atoms with Crippen LogP contribution in [0.5, 0.6) is 0 Å². The Hall–Kier alpha value is -3.74. The van der Waals surface area contributed by atoms with Gasteiger partial charge in [0, 0.05) is 50.2 Å². The van der Waals surface area contributed by atoms with Crippen molar-refractivity contribution >= 4 is 36.8 Å². The summed E-state index contributed by atoms with van der Waals surface area (Å²) in [6.45, 7) is 4.41. The highest BCUT2D eigenvalue weighted by atomic mass is 16.5. The van der Waals surface area contributed by atoms with Gasteiger partial charge in [0.15, 0.2) is 19.5 Å². The minimum atomic E-state index is -0.468. The van der Waals surface area contributed by atoms with E-state index in [1.54, 1.807) is 12.4 Å². The highest BCUT2D eigenvalue weighted by Crippen LogP contribution is 2.27. The summed E-state index contributed by atoms with van der Waals surface area (Å²) >= 11 is 0. The molecule has 1 saturated heterocycles. The van der Waals surface area contributed by atoms with Gasteiger partial charge in [-0.15, -0.1) is 0 Å². The number of anilines is 4. The lowest BCUT2D eigenvalue weighted by atomic mass is 10.1. The van der Waals surface area contributed by atoms with Gasteiger partial charge in [-0.3, -0.25) is 9.78 Å². The Bertz CT molecular complexity index is 1160. The minimum Gasteiger partial charge on any atom is -0.395 e. The molecular weight excluding hydrogens is 459 g/mol. The van der Waals surface area contributed by atoms with Crippen LogP contribution in [0.3, 0.4) is 0 Å². The van der Waals surface area contributed by atoms with Crippen molar-refractivity contribution < 1.29 is 14.6 Å². The second kappa shape index (κ2) is 12.3. The van der Waals surface area contributed by atoms with E-state index < -0.39 is 5.91 Å². The van der Waals surface area contributed by atoms with Crippen LogP contribution in [-0.2, 0) is 4.74 Å². The molecule has 0 aliphatic carbocycles. The van der Waals surface area contributed by atoms with Gasteiger partial charge in [-0.05, 0) is 18.2 Å². The number of aromatic nitrogens is 3. The lowest BCUT2D eigenvalue weighted by Gasteiger charge is -2.30. The third-order valence-corrected chi connectivity index (χ3v) is 5.84. The molecule has 186 valence electrons. The van der Waals surface area contributed by atoms with E-state index in [4.69, 9.17) is 18.5 Å². The molecule has 0 unspecified atom stereocenters. The van der Waals surface area contributed by atoms with Crippen LogP contribution in [0.25, 0.3) is 11.3 Å². The maximum absolute atomic E-state index is 13.2. The van der Waals surface area contributed by atoms with Crippen LogP contribution in [0.2, 0.25) is 0 Å². The summed E-state index contributed by atoms with van der Waals surface area (Å²) < 4.78 is 5.43. The molecule has 1 aliphatic rings. The van der Waals surface area contributed by atoms with Crippen LogP contribution in [0.4, 0.5) is 22.9 Å². The third kappa shape index (κ3) is 6.09. The number of carbonyl (C=O) groups is 1. The molecule has 5 N–H and O–H groups in total.